The van der Waals surface area contributed by atoms with E-state index in [0.717, 1.165) is 0 Å². The van der Waals surface area contributed by atoms with E-state index < -0.39 is 10.9 Å². The molecule has 1 amide bonds. The molecule has 140 valence electrons. The Kier molecular flexibility index (Phi) is 4.62. The SMILES string of the molecule is O=C(OCc1ccc([N+](=O)[O-])cc1)C1=CSC2/C(=C\c3cnccn3)C(=O)N12. The summed E-state index contributed by atoms with van der Waals surface area (Å²) in [4.78, 5) is 44.4. The first-order valence-electron chi connectivity index (χ1n) is 8.12. The lowest BCUT2D eigenvalue weighted by Gasteiger charge is -2.37. The fourth-order valence-electron chi connectivity index (χ4n) is 2.74. The monoisotopic (exact) mass is 396 g/mol. The van der Waals surface area contributed by atoms with Gasteiger partial charge in [-0.15, -0.1) is 11.8 Å². The van der Waals surface area contributed by atoms with Crippen molar-refractivity contribution in [1.29, 1.82) is 0 Å². The number of nitro benzene ring substituents is 1. The molecule has 4 rings (SSSR count). The molecule has 0 radical (unpaired) electrons. The molecule has 1 atom stereocenters. The Balaban J connectivity index is 1.38. The molecule has 3 heterocycles. The lowest BCUT2D eigenvalue weighted by Crippen LogP contribution is -2.51. The van der Waals surface area contributed by atoms with Gasteiger partial charge in [-0.1, -0.05) is 0 Å². The maximum atomic E-state index is 12.4. The van der Waals surface area contributed by atoms with Gasteiger partial charge in [0.15, 0.2) is 0 Å². The molecule has 0 saturated carbocycles. The summed E-state index contributed by atoms with van der Waals surface area (Å²) in [6.45, 7) is -0.0478. The molecule has 0 N–H and O–H groups in total. The number of nitrogens with zero attached hydrogens (tertiary/aromatic N) is 4. The molecule has 1 aromatic carbocycles. The minimum atomic E-state index is -0.625. The molecule has 0 spiro atoms. The molecular weight excluding hydrogens is 384 g/mol. The molecule has 1 saturated heterocycles. The molecule has 1 fully saturated rings. The highest BCUT2D eigenvalue weighted by molar-refractivity contribution is 8.03. The summed E-state index contributed by atoms with van der Waals surface area (Å²) in [5.74, 6) is -0.903. The maximum Gasteiger partial charge on any atom is 0.355 e. The standard InChI is InChI=1S/C18H12N4O5S/c23-16-14(7-12-8-19-5-6-20-12)17-21(16)15(10-28-17)18(24)27-9-11-1-3-13(4-2-11)22(25)26/h1-8,10,17H,9H2/b14-7-. The number of nitro groups is 1. The Hall–Kier alpha value is -3.53. The second-order valence-electron chi connectivity index (χ2n) is 5.90. The normalized spacial score (nSPS) is 19.1. The smallest absolute Gasteiger partial charge is 0.355 e. The van der Waals surface area contributed by atoms with Crippen LogP contribution in [0.3, 0.4) is 0 Å². The van der Waals surface area contributed by atoms with Gasteiger partial charge in [0.2, 0.25) is 0 Å². The highest BCUT2D eigenvalue weighted by Crippen LogP contribution is 2.45. The summed E-state index contributed by atoms with van der Waals surface area (Å²) in [7, 11) is 0. The number of carbonyl (C=O) groups excluding carboxylic acids is 2. The number of hydrogen-bond acceptors (Lipinski definition) is 8. The average Bonchev–Trinajstić information content (AvgIpc) is 3.12. The number of non-ortho nitro benzene ring substituents is 1. The van der Waals surface area contributed by atoms with Crippen LogP contribution >= 0.6 is 11.8 Å². The van der Waals surface area contributed by atoms with Crippen LogP contribution in [-0.2, 0) is 20.9 Å². The summed E-state index contributed by atoms with van der Waals surface area (Å²) < 4.78 is 5.24. The van der Waals surface area contributed by atoms with E-state index in [4.69, 9.17) is 4.74 Å². The molecule has 2 aliphatic heterocycles. The van der Waals surface area contributed by atoms with Gasteiger partial charge in [-0.25, -0.2) is 4.79 Å². The van der Waals surface area contributed by atoms with E-state index in [0.29, 0.717) is 16.8 Å². The van der Waals surface area contributed by atoms with E-state index in [9.17, 15) is 19.7 Å². The molecule has 0 aliphatic carbocycles. The Morgan fingerprint density at radius 1 is 1.32 bits per heavy atom. The van der Waals surface area contributed by atoms with Gasteiger partial charge in [-0.05, 0) is 23.8 Å². The van der Waals surface area contributed by atoms with Crippen molar-refractivity contribution in [2.45, 2.75) is 12.0 Å². The van der Waals surface area contributed by atoms with Gasteiger partial charge in [0, 0.05) is 29.9 Å². The number of aromatic nitrogens is 2. The zero-order valence-corrected chi connectivity index (χ0v) is 15.0. The first-order valence-corrected chi connectivity index (χ1v) is 9.06. The molecule has 2 aromatic rings. The number of esters is 1. The zero-order valence-electron chi connectivity index (χ0n) is 14.2. The largest absolute Gasteiger partial charge is 0.456 e. The van der Waals surface area contributed by atoms with Crippen LogP contribution in [0.5, 0.6) is 0 Å². The second kappa shape index (κ2) is 7.24. The fraction of sp³-hybridized carbons (Fsp3) is 0.111. The molecule has 28 heavy (non-hydrogen) atoms. The third-order valence-corrected chi connectivity index (χ3v) is 5.23. The van der Waals surface area contributed by atoms with Crippen molar-refractivity contribution in [2.24, 2.45) is 0 Å². The van der Waals surface area contributed by atoms with Gasteiger partial charge >= 0.3 is 5.97 Å². The Labute approximate surface area is 162 Å². The maximum absolute atomic E-state index is 12.4. The van der Waals surface area contributed by atoms with E-state index >= 15 is 0 Å². The van der Waals surface area contributed by atoms with Crippen molar-refractivity contribution in [3.05, 3.63) is 80.9 Å². The topological polar surface area (TPSA) is 116 Å². The number of benzene rings is 1. The Morgan fingerprint density at radius 2 is 2.11 bits per heavy atom. The summed E-state index contributed by atoms with van der Waals surface area (Å²) in [5.41, 5.74) is 1.86. The lowest BCUT2D eigenvalue weighted by atomic mass is 10.0. The molecule has 0 bridgehead atoms. The van der Waals surface area contributed by atoms with Crippen molar-refractivity contribution in [2.75, 3.05) is 0 Å². The first kappa shape index (κ1) is 17.9. The quantitative estimate of drug-likeness (QED) is 0.248. The van der Waals surface area contributed by atoms with Gasteiger partial charge in [-0.3, -0.25) is 29.8 Å². The van der Waals surface area contributed by atoms with Crippen LogP contribution in [0, 0.1) is 10.1 Å². The van der Waals surface area contributed by atoms with Crippen LogP contribution in [0.15, 0.2) is 59.5 Å². The van der Waals surface area contributed by atoms with Crippen LogP contribution in [0.4, 0.5) is 5.69 Å². The number of ether oxygens (including phenoxy) is 1. The Bertz CT molecular complexity index is 1020. The average molecular weight is 396 g/mol. The van der Waals surface area contributed by atoms with Crippen molar-refractivity contribution in [3.8, 4) is 0 Å². The number of amides is 1. The van der Waals surface area contributed by atoms with Gasteiger partial charge in [-0.2, -0.15) is 0 Å². The van der Waals surface area contributed by atoms with E-state index in [1.165, 1.54) is 47.1 Å². The van der Waals surface area contributed by atoms with Crippen LogP contribution < -0.4 is 0 Å². The predicted octanol–water partition coefficient (Wildman–Crippen LogP) is 2.27. The molecule has 1 aromatic heterocycles. The number of carbonyl (C=O) groups is 2. The molecular formula is C18H12N4O5S. The van der Waals surface area contributed by atoms with E-state index in [-0.39, 0.29) is 29.3 Å². The highest BCUT2D eigenvalue weighted by atomic mass is 32.2. The third-order valence-electron chi connectivity index (χ3n) is 4.15. The van der Waals surface area contributed by atoms with E-state index in [1.807, 2.05) is 0 Å². The van der Waals surface area contributed by atoms with E-state index in [2.05, 4.69) is 9.97 Å². The Morgan fingerprint density at radius 3 is 2.79 bits per heavy atom. The molecule has 1 unspecified atom stereocenters. The molecule has 9 nitrogen and oxygen atoms in total. The van der Waals surface area contributed by atoms with Crippen molar-refractivity contribution < 1.29 is 19.2 Å². The summed E-state index contributed by atoms with van der Waals surface area (Å²) in [6, 6.07) is 5.71. The van der Waals surface area contributed by atoms with Gasteiger partial charge in [0.25, 0.3) is 11.6 Å². The lowest BCUT2D eigenvalue weighted by molar-refractivity contribution is -0.384. The van der Waals surface area contributed by atoms with Gasteiger partial charge in [0.1, 0.15) is 17.7 Å². The van der Waals surface area contributed by atoms with Gasteiger partial charge in [0.05, 0.1) is 22.4 Å². The molecule has 2 aliphatic rings. The van der Waals surface area contributed by atoms with Crippen LogP contribution in [-0.4, -0.2) is 37.0 Å². The number of fused-ring (bicyclic) bond motifs is 1. The minimum Gasteiger partial charge on any atom is -0.456 e. The fourth-order valence-corrected chi connectivity index (χ4v) is 3.85. The minimum absolute atomic E-state index is 0.0404. The van der Waals surface area contributed by atoms with E-state index in [1.54, 1.807) is 23.9 Å². The predicted molar refractivity (Wildman–Crippen MR) is 99.2 cm³/mol. The summed E-state index contributed by atoms with van der Waals surface area (Å²) in [6.07, 6.45) is 6.29. The number of rotatable bonds is 5. The number of β-lactam (4-membered cyclic amide) rings is 1. The summed E-state index contributed by atoms with van der Waals surface area (Å²) >= 11 is 1.34. The van der Waals surface area contributed by atoms with Crippen LogP contribution in [0.1, 0.15) is 11.3 Å². The zero-order chi connectivity index (χ0) is 19.7. The van der Waals surface area contributed by atoms with Crippen molar-refractivity contribution in [3.63, 3.8) is 0 Å². The summed E-state index contributed by atoms with van der Waals surface area (Å²) in [5, 5.41) is 12.0. The number of hydrogen-bond donors (Lipinski definition) is 0. The molecule has 10 heteroatoms. The second-order valence-corrected chi connectivity index (χ2v) is 6.85. The first-order chi connectivity index (χ1) is 13.5. The third kappa shape index (κ3) is 3.25. The van der Waals surface area contributed by atoms with Crippen molar-refractivity contribution >= 4 is 35.4 Å². The highest BCUT2D eigenvalue weighted by Gasteiger charge is 2.49. The van der Waals surface area contributed by atoms with Gasteiger partial charge < -0.3 is 4.74 Å². The van der Waals surface area contributed by atoms with Crippen molar-refractivity contribution in [1.82, 2.24) is 14.9 Å². The number of thioether (sulfide) groups is 1. The van der Waals surface area contributed by atoms with Crippen LogP contribution in [0.25, 0.3) is 6.08 Å². The van der Waals surface area contributed by atoms with Crippen LogP contribution in [0.2, 0.25) is 0 Å².